The molecule has 0 saturated carbocycles. The zero-order valence-corrected chi connectivity index (χ0v) is 10.7. The predicted octanol–water partition coefficient (Wildman–Crippen LogP) is 1.48. The number of halogens is 1. The molecule has 0 aromatic carbocycles. The second-order valence-corrected chi connectivity index (χ2v) is 3.96. The summed E-state index contributed by atoms with van der Waals surface area (Å²) < 4.78 is 4.99. The van der Waals surface area contributed by atoms with E-state index in [0.29, 0.717) is 18.2 Å². The summed E-state index contributed by atoms with van der Waals surface area (Å²) in [6.07, 6.45) is 3.97. The van der Waals surface area contributed by atoms with Gasteiger partial charge in [0.05, 0.1) is 12.8 Å². The highest BCUT2D eigenvalue weighted by atomic mass is 35.5. The number of nitrogens with zero attached hydrogens (tertiary/aromatic N) is 1. The van der Waals surface area contributed by atoms with Gasteiger partial charge in [0.2, 0.25) is 0 Å². The molecular weight excluding hydrogens is 242 g/mol. The summed E-state index contributed by atoms with van der Waals surface area (Å²) in [5.74, 6) is 0.0625. The summed E-state index contributed by atoms with van der Waals surface area (Å²) in [6, 6.07) is 0. The van der Waals surface area contributed by atoms with Gasteiger partial charge in [-0.3, -0.25) is 5.10 Å². The molecule has 5 nitrogen and oxygen atoms in total. The lowest BCUT2D eigenvalue weighted by atomic mass is 9.92. The second-order valence-electron chi connectivity index (χ2n) is 3.96. The maximum Gasteiger partial charge on any atom is 0.356 e. The van der Waals surface area contributed by atoms with Crippen LogP contribution in [0.2, 0.25) is 0 Å². The van der Waals surface area contributed by atoms with Crippen LogP contribution in [0.5, 0.6) is 0 Å². The summed E-state index contributed by atoms with van der Waals surface area (Å²) in [5, 5.41) is 10.0. The predicted molar refractivity (Wildman–Crippen MR) is 66.6 cm³/mol. The SMILES string of the molecule is CCOC(=O)c1[nH]ncc1C1CCCNC1.Cl. The zero-order chi connectivity index (χ0) is 11.4. The Kier molecular flexibility index (Phi) is 5.44. The first-order chi connectivity index (χ1) is 7.83. The van der Waals surface area contributed by atoms with Crippen molar-refractivity contribution in [1.82, 2.24) is 15.5 Å². The minimum Gasteiger partial charge on any atom is -0.461 e. The molecule has 1 atom stereocenters. The third-order valence-electron chi connectivity index (χ3n) is 2.88. The molecule has 0 bridgehead atoms. The Labute approximate surface area is 107 Å². The minimum absolute atomic E-state index is 0. The highest BCUT2D eigenvalue weighted by Crippen LogP contribution is 2.25. The van der Waals surface area contributed by atoms with Crippen LogP contribution in [0, 0.1) is 0 Å². The number of H-pyrrole nitrogens is 1. The van der Waals surface area contributed by atoms with Crippen LogP contribution in [0.15, 0.2) is 6.20 Å². The van der Waals surface area contributed by atoms with E-state index in [9.17, 15) is 4.79 Å². The van der Waals surface area contributed by atoms with Crippen LogP contribution < -0.4 is 5.32 Å². The number of ether oxygens (including phenoxy) is 1. The van der Waals surface area contributed by atoms with E-state index in [2.05, 4.69) is 15.5 Å². The minimum atomic E-state index is -0.305. The lowest BCUT2D eigenvalue weighted by molar-refractivity contribution is 0.0517. The van der Waals surface area contributed by atoms with E-state index in [1.165, 1.54) is 0 Å². The molecule has 2 N–H and O–H groups in total. The van der Waals surface area contributed by atoms with E-state index in [1.807, 2.05) is 0 Å². The van der Waals surface area contributed by atoms with Gasteiger partial charge >= 0.3 is 5.97 Å². The first kappa shape index (κ1) is 14.0. The number of esters is 1. The lowest BCUT2D eigenvalue weighted by Crippen LogP contribution is -2.29. The third-order valence-corrected chi connectivity index (χ3v) is 2.88. The summed E-state index contributed by atoms with van der Waals surface area (Å²) in [5.41, 5.74) is 1.49. The normalized spacial score (nSPS) is 19.5. The Bertz CT molecular complexity index is 361. The molecule has 1 aliphatic rings. The Morgan fingerprint density at radius 1 is 1.65 bits per heavy atom. The van der Waals surface area contributed by atoms with Crippen LogP contribution in [-0.4, -0.2) is 35.9 Å². The van der Waals surface area contributed by atoms with Crippen LogP contribution in [-0.2, 0) is 4.74 Å². The van der Waals surface area contributed by atoms with Gasteiger partial charge in [-0.25, -0.2) is 4.79 Å². The molecule has 1 aromatic heterocycles. The number of hydrogen-bond acceptors (Lipinski definition) is 4. The van der Waals surface area contributed by atoms with Gasteiger partial charge in [0.1, 0.15) is 5.69 Å². The fraction of sp³-hybridized carbons (Fsp3) is 0.636. The molecule has 1 aliphatic heterocycles. The number of carbonyl (C=O) groups excluding carboxylic acids is 1. The Hall–Kier alpha value is -1.07. The van der Waals surface area contributed by atoms with Gasteiger partial charge in [0.25, 0.3) is 0 Å². The number of hydrogen-bond donors (Lipinski definition) is 2. The molecule has 1 fully saturated rings. The van der Waals surface area contributed by atoms with Crippen LogP contribution in [0.3, 0.4) is 0 Å². The van der Waals surface area contributed by atoms with Crippen LogP contribution in [0.4, 0.5) is 0 Å². The maximum absolute atomic E-state index is 11.7. The van der Waals surface area contributed by atoms with Crippen molar-refractivity contribution in [3.05, 3.63) is 17.5 Å². The van der Waals surface area contributed by atoms with Crippen LogP contribution >= 0.6 is 12.4 Å². The van der Waals surface area contributed by atoms with E-state index < -0.39 is 0 Å². The van der Waals surface area contributed by atoms with Gasteiger partial charge in [-0.15, -0.1) is 12.4 Å². The van der Waals surface area contributed by atoms with E-state index in [4.69, 9.17) is 4.74 Å². The fourth-order valence-electron chi connectivity index (χ4n) is 2.09. The highest BCUT2D eigenvalue weighted by molar-refractivity contribution is 5.89. The molecule has 0 amide bonds. The third kappa shape index (κ3) is 3.20. The van der Waals surface area contributed by atoms with Crippen molar-refractivity contribution in [3.8, 4) is 0 Å². The smallest absolute Gasteiger partial charge is 0.356 e. The van der Waals surface area contributed by atoms with Crippen molar-refractivity contribution in [1.29, 1.82) is 0 Å². The van der Waals surface area contributed by atoms with E-state index in [1.54, 1.807) is 13.1 Å². The van der Waals surface area contributed by atoms with Gasteiger partial charge < -0.3 is 10.1 Å². The second kappa shape index (κ2) is 6.61. The number of piperidine rings is 1. The summed E-state index contributed by atoms with van der Waals surface area (Å²) in [4.78, 5) is 11.7. The molecular formula is C11H18ClN3O2. The Morgan fingerprint density at radius 2 is 2.47 bits per heavy atom. The van der Waals surface area contributed by atoms with Gasteiger partial charge in [0, 0.05) is 18.0 Å². The van der Waals surface area contributed by atoms with Crippen molar-refractivity contribution in [2.75, 3.05) is 19.7 Å². The molecule has 0 spiro atoms. The molecule has 2 heterocycles. The summed E-state index contributed by atoms with van der Waals surface area (Å²) >= 11 is 0. The molecule has 17 heavy (non-hydrogen) atoms. The molecule has 1 saturated heterocycles. The average Bonchev–Trinajstić information content (AvgIpc) is 2.79. The van der Waals surface area contributed by atoms with E-state index in [-0.39, 0.29) is 18.4 Å². The van der Waals surface area contributed by atoms with Crippen LogP contribution in [0.25, 0.3) is 0 Å². The quantitative estimate of drug-likeness (QED) is 0.807. The topological polar surface area (TPSA) is 67.0 Å². The average molecular weight is 260 g/mol. The van der Waals surface area contributed by atoms with Gasteiger partial charge in [0.15, 0.2) is 0 Å². The molecule has 2 rings (SSSR count). The van der Waals surface area contributed by atoms with Gasteiger partial charge in [-0.1, -0.05) is 0 Å². The molecule has 0 radical (unpaired) electrons. The molecule has 6 heteroatoms. The van der Waals surface area contributed by atoms with Crippen molar-refractivity contribution < 1.29 is 9.53 Å². The zero-order valence-electron chi connectivity index (χ0n) is 9.86. The standard InChI is InChI=1S/C11H17N3O2.ClH/c1-2-16-11(15)10-9(7-13-14-10)8-4-3-5-12-6-8;/h7-8,12H,2-6H2,1H3,(H,13,14);1H. The summed E-state index contributed by atoms with van der Waals surface area (Å²) in [7, 11) is 0. The van der Waals surface area contributed by atoms with Crippen LogP contribution in [0.1, 0.15) is 41.7 Å². The van der Waals surface area contributed by atoms with Crippen molar-refractivity contribution in [3.63, 3.8) is 0 Å². The van der Waals surface area contributed by atoms with Gasteiger partial charge in [-0.2, -0.15) is 5.10 Å². The molecule has 0 aliphatic carbocycles. The maximum atomic E-state index is 11.7. The number of rotatable bonds is 3. The first-order valence-corrected chi connectivity index (χ1v) is 5.74. The van der Waals surface area contributed by atoms with E-state index >= 15 is 0 Å². The van der Waals surface area contributed by atoms with E-state index in [0.717, 1.165) is 31.5 Å². The monoisotopic (exact) mass is 259 g/mol. The van der Waals surface area contributed by atoms with Crippen molar-refractivity contribution in [2.24, 2.45) is 0 Å². The first-order valence-electron chi connectivity index (χ1n) is 5.74. The van der Waals surface area contributed by atoms with Crippen molar-refractivity contribution >= 4 is 18.4 Å². The number of aromatic amines is 1. The number of aromatic nitrogens is 2. The molecule has 1 unspecified atom stereocenters. The molecule has 1 aromatic rings. The van der Waals surface area contributed by atoms with Gasteiger partial charge in [-0.05, 0) is 26.3 Å². The number of nitrogens with one attached hydrogen (secondary N) is 2. The fourth-order valence-corrected chi connectivity index (χ4v) is 2.09. The molecule has 96 valence electrons. The summed E-state index contributed by atoms with van der Waals surface area (Å²) in [6.45, 7) is 4.16. The largest absolute Gasteiger partial charge is 0.461 e. The van der Waals surface area contributed by atoms with Crippen molar-refractivity contribution in [2.45, 2.75) is 25.7 Å². The Balaban J connectivity index is 0.00000144. The lowest BCUT2D eigenvalue weighted by Gasteiger charge is -2.22. The Morgan fingerprint density at radius 3 is 3.12 bits per heavy atom. The number of carbonyl (C=O) groups is 1. The highest BCUT2D eigenvalue weighted by Gasteiger charge is 2.23.